The lowest BCUT2D eigenvalue weighted by molar-refractivity contribution is -0.119. The highest BCUT2D eigenvalue weighted by molar-refractivity contribution is 6.05. The molecule has 1 saturated heterocycles. The van der Waals surface area contributed by atoms with Gasteiger partial charge in [-0.3, -0.25) is 14.5 Å². The average Bonchev–Trinajstić information content (AvgIpc) is 3.49. The summed E-state index contributed by atoms with van der Waals surface area (Å²) in [7, 11) is 1.77. The molecule has 1 aliphatic heterocycles. The summed E-state index contributed by atoms with van der Waals surface area (Å²) in [6, 6.07) is 9.35. The molecule has 28 heavy (non-hydrogen) atoms. The predicted octanol–water partition coefficient (Wildman–Crippen LogP) is 2.31. The Hall–Kier alpha value is -2.67. The van der Waals surface area contributed by atoms with Gasteiger partial charge in [0.25, 0.3) is 5.91 Å². The lowest BCUT2D eigenvalue weighted by Gasteiger charge is -2.35. The molecule has 1 aliphatic carbocycles. The molecule has 0 radical (unpaired) electrons. The van der Waals surface area contributed by atoms with Crippen LogP contribution in [0.2, 0.25) is 0 Å². The fraction of sp³-hybridized carbons (Fsp3) is 0.476. The van der Waals surface area contributed by atoms with E-state index in [0.717, 1.165) is 43.9 Å². The first-order valence-electron chi connectivity index (χ1n) is 9.83. The third kappa shape index (κ3) is 3.94. The van der Waals surface area contributed by atoms with E-state index in [0.29, 0.717) is 24.3 Å². The van der Waals surface area contributed by atoms with Gasteiger partial charge in [0.15, 0.2) is 0 Å². The summed E-state index contributed by atoms with van der Waals surface area (Å²) in [5.41, 5.74) is 2.22. The molecule has 2 aliphatic rings. The monoisotopic (exact) mass is 382 g/mol. The van der Waals surface area contributed by atoms with Gasteiger partial charge in [-0.1, -0.05) is 17.3 Å². The van der Waals surface area contributed by atoms with Gasteiger partial charge in [-0.2, -0.15) is 0 Å². The van der Waals surface area contributed by atoms with Crippen LogP contribution in [0.15, 0.2) is 34.9 Å². The van der Waals surface area contributed by atoms with Crippen molar-refractivity contribution in [2.45, 2.75) is 26.3 Å². The van der Waals surface area contributed by atoms with Crippen LogP contribution >= 0.6 is 0 Å². The average molecular weight is 382 g/mol. The second-order valence-electron chi connectivity index (χ2n) is 7.69. The van der Waals surface area contributed by atoms with Gasteiger partial charge >= 0.3 is 0 Å². The van der Waals surface area contributed by atoms with E-state index in [1.807, 2.05) is 42.2 Å². The Labute approximate surface area is 164 Å². The van der Waals surface area contributed by atoms with Crippen molar-refractivity contribution in [1.29, 1.82) is 0 Å². The number of anilines is 1. The molecule has 1 saturated carbocycles. The lowest BCUT2D eigenvalue weighted by Crippen LogP contribution is -2.48. The molecule has 0 atom stereocenters. The molecule has 0 N–H and O–H groups in total. The maximum Gasteiger partial charge on any atom is 0.256 e. The molecule has 148 valence electrons. The van der Waals surface area contributed by atoms with Gasteiger partial charge in [0, 0.05) is 51.8 Å². The molecular formula is C21H26N4O3. The number of carbonyl (C=O) groups is 2. The number of piperazine rings is 1. The molecule has 2 amide bonds. The first kappa shape index (κ1) is 18.7. The Morgan fingerprint density at radius 2 is 1.89 bits per heavy atom. The van der Waals surface area contributed by atoms with E-state index >= 15 is 0 Å². The maximum absolute atomic E-state index is 13.1. The highest BCUT2D eigenvalue weighted by Crippen LogP contribution is 2.33. The third-order valence-corrected chi connectivity index (χ3v) is 5.47. The summed E-state index contributed by atoms with van der Waals surface area (Å²) in [6.45, 7) is 5.51. The van der Waals surface area contributed by atoms with Gasteiger partial charge in [-0.25, -0.2) is 0 Å². The first-order valence-corrected chi connectivity index (χ1v) is 9.83. The zero-order chi connectivity index (χ0) is 19.7. The molecule has 7 nitrogen and oxygen atoms in total. The molecule has 2 fully saturated rings. The number of carbonyl (C=O) groups excluding carboxylic acids is 2. The zero-order valence-corrected chi connectivity index (χ0v) is 16.4. The Balaban J connectivity index is 1.40. The Morgan fingerprint density at radius 1 is 1.18 bits per heavy atom. The number of aryl methyl sites for hydroxylation is 1. The van der Waals surface area contributed by atoms with Crippen molar-refractivity contribution in [1.82, 2.24) is 15.0 Å². The maximum atomic E-state index is 13.1. The van der Waals surface area contributed by atoms with Crippen molar-refractivity contribution in [3.63, 3.8) is 0 Å². The van der Waals surface area contributed by atoms with E-state index < -0.39 is 0 Å². The normalized spacial score (nSPS) is 17.6. The summed E-state index contributed by atoms with van der Waals surface area (Å²) in [6.07, 6.45) is 1.90. The van der Waals surface area contributed by atoms with Crippen LogP contribution in [0.1, 0.15) is 34.7 Å². The van der Waals surface area contributed by atoms with E-state index in [1.54, 1.807) is 11.9 Å². The van der Waals surface area contributed by atoms with Crippen LogP contribution in [0.3, 0.4) is 0 Å². The van der Waals surface area contributed by atoms with Crippen molar-refractivity contribution in [3.05, 3.63) is 47.3 Å². The number of rotatable bonds is 5. The highest BCUT2D eigenvalue weighted by atomic mass is 16.5. The summed E-state index contributed by atoms with van der Waals surface area (Å²) in [5, 5.41) is 4.04. The minimum Gasteiger partial charge on any atom is -0.361 e. The summed E-state index contributed by atoms with van der Waals surface area (Å²) < 4.78 is 5.13. The number of hydrogen-bond acceptors (Lipinski definition) is 5. The Morgan fingerprint density at radius 3 is 2.54 bits per heavy atom. The van der Waals surface area contributed by atoms with Crippen molar-refractivity contribution in [3.8, 4) is 0 Å². The second-order valence-corrected chi connectivity index (χ2v) is 7.69. The number of aromatic nitrogens is 1. The van der Waals surface area contributed by atoms with Crippen LogP contribution in [-0.4, -0.2) is 60.0 Å². The molecule has 4 rings (SSSR count). The zero-order valence-electron chi connectivity index (χ0n) is 16.4. The largest absolute Gasteiger partial charge is 0.361 e. The SMILES string of the molecule is Cc1cc(CN2CCN(C(=O)c3ccccc3N(C)C(=O)C3CC3)CC2)no1. The Kier molecular flexibility index (Phi) is 5.17. The molecule has 1 aromatic carbocycles. The third-order valence-electron chi connectivity index (χ3n) is 5.47. The van der Waals surface area contributed by atoms with E-state index in [-0.39, 0.29) is 17.7 Å². The number of hydrogen-bond donors (Lipinski definition) is 0. The summed E-state index contributed by atoms with van der Waals surface area (Å²) >= 11 is 0. The second kappa shape index (κ2) is 7.75. The lowest BCUT2D eigenvalue weighted by atomic mass is 10.1. The molecule has 0 bridgehead atoms. The molecule has 7 heteroatoms. The van der Waals surface area contributed by atoms with Gasteiger partial charge in [0.1, 0.15) is 5.76 Å². The Bertz CT molecular complexity index is 866. The number of para-hydroxylation sites is 1. The van der Waals surface area contributed by atoms with E-state index in [1.165, 1.54) is 0 Å². The van der Waals surface area contributed by atoms with E-state index in [2.05, 4.69) is 10.1 Å². The van der Waals surface area contributed by atoms with Crippen LogP contribution in [0, 0.1) is 12.8 Å². The van der Waals surface area contributed by atoms with Crippen molar-refractivity contribution in [2.75, 3.05) is 38.1 Å². The standard InChI is InChI=1S/C21H26N4O3/c1-15-13-17(22-28-15)14-24-9-11-25(12-10-24)21(27)18-5-3-4-6-19(18)23(2)20(26)16-7-8-16/h3-6,13,16H,7-12,14H2,1-2H3. The molecule has 1 aromatic heterocycles. The van der Waals surface area contributed by atoms with E-state index in [9.17, 15) is 9.59 Å². The van der Waals surface area contributed by atoms with Gasteiger partial charge in [0.05, 0.1) is 16.9 Å². The van der Waals surface area contributed by atoms with Crippen molar-refractivity contribution in [2.24, 2.45) is 5.92 Å². The fourth-order valence-electron chi connectivity index (χ4n) is 3.67. The molecule has 0 unspecified atom stereocenters. The highest BCUT2D eigenvalue weighted by Gasteiger charge is 2.34. The van der Waals surface area contributed by atoms with E-state index in [4.69, 9.17) is 4.52 Å². The molecule has 0 spiro atoms. The summed E-state index contributed by atoms with van der Waals surface area (Å²) in [5.74, 6) is 1.03. The topological polar surface area (TPSA) is 69.9 Å². The molecular weight excluding hydrogens is 356 g/mol. The van der Waals surface area contributed by atoms with Crippen LogP contribution < -0.4 is 4.90 Å². The summed E-state index contributed by atoms with van der Waals surface area (Å²) in [4.78, 5) is 31.4. The first-order chi connectivity index (χ1) is 13.5. The van der Waals surface area contributed by atoms with Gasteiger partial charge in [-0.05, 0) is 31.9 Å². The van der Waals surface area contributed by atoms with Crippen molar-refractivity contribution >= 4 is 17.5 Å². The van der Waals surface area contributed by atoms with Crippen LogP contribution in [0.4, 0.5) is 5.69 Å². The van der Waals surface area contributed by atoms with Gasteiger partial charge in [-0.15, -0.1) is 0 Å². The fourth-order valence-corrected chi connectivity index (χ4v) is 3.67. The van der Waals surface area contributed by atoms with Gasteiger partial charge < -0.3 is 14.3 Å². The van der Waals surface area contributed by atoms with Crippen LogP contribution in [0.25, 0.3) is 0 Å². The molecule has 2 heterocycles. The number of benzene rings is 1. The number of amides is 2. The molecule has 2 aromatic rings. The minimum atomic E-state index is -0.0111. The minimum absolute atomic E-state index is 0.0111. The van der Waals surface area contributed by atoms with Gasteiger partial charge in [0.2, 0.25) is 5.91 Å². The number of nitrogens with zero attached hydrogens (tertiary/aromatic N) is 4. The van der Waals surface area contributed by atoms with Crippen LogP contribution in [0.5, 0.6) is 0 Å². The quantitative estimate of drug-likeness (QED) is 0.794. The van der Waals surface area contributed by atoms with Crippen molar-refractivity contribution < 1.29 is 14.1 Å². The smallest absolute Gasteiger partial charge is 0.256 e. The predicted molar refractivity (Wildman–Crippen MR) is 105 cm³/mol. The van der Waals surface area contributed by atoms with Crippen LogP contribution in [-0.2, 0) is 11.3 Å².